The monoisotopic (exact) mass is 489 g/mol. The van der Waals surface area contributed by atoms with E-state index >= 15 is 0 Å². The normalized spacial score (nSPS) is 20.2. The van der Waals surface area contributed by atoms with Gasteiger partial charge in [-0.25, -0.2) is 9.18 Å². The van der Waals surface area contributed by atoms with Gasteiger partial charge < -0.3 is 20.5 Å². The molecule has 8 heteroatoms. The van der Waals surface area contributed by atoms with Crippen LogP contribution in [0.15, 0.2) is 60.9 Å². The van der Waals surface area contributed by atoms with Crippen LogP contribution in [0.1, 0.15) is 41.6 Å². The predicted octanol–water partition coefficient (Wildman–Crippen LogP) is 4.71. The standard InChI is InChI=1S/C28H28FN3O4/c29-24-15-31-9-8-25(24)32-28(34)20-6-7-21(14-30)23(13-20)18-2-1-3-22(12-18)35-16-27(33)36-26-11-17-4-5-19(26)10-17/h1-3,6-9,12-13,15,17,19,26H,4-5,10-11,14,16,30H2,(H,31,32,34). The summed E-state index contributed by atoms with van der Waals surface area (Å²) in [6.07, 6.45) is 6.98. The molecule has 7 nitrogen and oxygen atoms in total. The van der Waals surface area contributed by atoms with Crippen molar-refractivity contribution in [3.8, 4) is 16.9 Å². The number of benzene rings is 2. The molecular formula is C28H28FN3O4. The topological polar surface area (TPSA) is 104 Å². The van der Waals surface area contributed by atoms with Crippen LogP contribution in [-0.4, -0.2) is 29.6 Å². The Balaban J connectivity index is 1.28. The maximum absolute atomic E-state index is 13.9. The molecule has 0 aliphatic heterocycles. The van der Waals surface area contributed by atoms with Crippen LogP contribution in [-0.2, 0) is 16.1 Å². The first-order chi connectivity index (χ1) is 17.5. The van der Waals surface area contributed by atoms with E-state index in [1.54, 1.807) is 30.3 Å². The lowest BCUT2D eigenvalue weighted by molar-refractivity contribution is -0.153. The fourth-order valence-electron chi connectivity index (χ4n) is 5.26. The van der Waals surface area contributed by atoms with Gasteiger partial charge in [-0.05, 0) is 84.5 Å². The van der Waals surface area contributed by atoms with E-state index in [0.717, 1.165) is 35.7 Å². The van der Waals surface area contributed by atoms with Gasteiger partial charge in [0.2, 0.25) is 0 Å². The zero-order valence-electron chi connectivity index (χ0n) is 19.8. The van der Waals surface area contributed by atoms with Crippen molar-refractivity contribution in [3.63, 3.8) is 0 Å². The van der Waals surface area contributed by atoms with Gasteiger partial charge in [0.1, 0.15) is 11.9 Å². The number of nitrogens with two attached hydrogens (primary N) is 1. The Bertz CT molecular complexity index is 1280. The molecule has 2 saturated carbocycles. The van der Waals surface area contributed by atoms with Crippen molar-refractivity contribution in [1.82, 2.24) is 4.98 Å². The van der Waals surface area contributed by atoms with Crippen molar-refractivity contribution in [1.29, 1.82) is 0 Å². The smallest absolute Gasteiger partial charge is 0.344 e. The number of nitrogens with zero attached hydrogens (tertiary/aromatic N) is 1. The highest BCUT2D eigenvalue weighted by atomic mass is 19.1. The summed E-state index contributed by atoms with van der Waals surface area (Å²) in [6, 6.07) is 13.8. The molecule has 186 valence electrons. The van der Waals surface area contributed by atoms with Gasteiger partial charge in [0.05, 0.1) is 11.9 Å². The lowest BCUT2D eigenvalue weighted by Crippen LogP contribution is -2.27. The maximum atomic E-state index is 13.9. The summed E-state index contributed by atoms with van der Waals surface area (Å²) in [5.74, 6) is 0.269. The molecule has 3 unspecified atom stereocenters. The van der Waals surface area contributed by atoms with E-state index in [1.165, 1.54) is 25.1 Å². The SMILES string of the molecule is NCc1ccc(C(=O)Nc2ccncc2F)cc1-c1cccc(OCC(=O)OC2CC3CCC2C3)c1. The number of esters is 1. The van der Waals surface area contributed by atoms with Gasteiger partial charge in [0, 0.05) is 18.3 Å². The quantitative estimate of drug-likeness (QED) is 0.444. The number of anilines is 1. The average molecular weight is 490 g/mol. The van der Waals surface area contributed by atoms with Crippen LogP contribution in [0.4, 0.5) is 10.1 Å². The molecule has 0 saturated heterocycles. The van der Waals surface area contributed by atoms with Crippen LogP contribution < -0.4 is 15.8 Å². The van der Waals surface area contributed by atoms with E-state index in [-0.39, 0.29) is 30.9 Å². The fraction of sp³-hybridized carbons (Fsp3) is 0.321. The van der Waals surface area contributed by atoms with E-state index in [2.05, 4.69) is 10.3 Å². The molecule has 1 amide bonds. The van der Waals surface area contributed by atoms with Crippen LogP contribution in [0.25, 0.3) is 11.1 Å². The summed E-state index contributed by atoms with van der Waals surface area (Å²) < 4.78 is 25.3. The number of hydrogen-bond acceptors (Lipinski definition) is 6. The number of amides is 1. The molecule has 1 heterocycles. The zero-order chi connectivity index (χ0) is 25.1. The Morgan fingerprint density at radius 3 is 2.75 bits per heavy atom. The molecule has 3 atom stereocenters. The number of carbonyl (C=O) groups excluding carboxylic acids is 2. The summed E-state index contributed by atoms with van der Waals surface area (Å²) in [4.78, 5) is 28.8. The highest BCUT2D eigenvalue weighted by Crippen LogP contribution is 2.45. The van der Waals surface area contributed by atoms with Crippen molar-refractivity contribution in [3.05, 3.63) is 77.9 Å². The van der Waals surface area contributed by atoms with Crippen molar-refractivity contribution in [2.45, 2.75) is 38.3 Å². The number of nitrogens with one attached hydrogen (secondary N) is 1. The molecule has 2 aliphatic carbocycles. The minimum absolute atomic E-state index is 0.0211. The maximum Gasteiger partial charge on any atom is 0.344 e. The molecule has 0 radical (unpaired) electrons. The van der Waals surface area contributed by atoms with Crippen LogP contribution >= 0.6 is 0 Å². The summed E-state index contributed by atoms with van der Waals surface area (Å²) in [7, 11) is 0. The molecule has 3 aromatic rings. The largest absolute Gasteiger partial charge is 0.482 e. The third-order valence-corrected chi connectivity index (χ3v) is 7.07. The molecular weight excluding hydrogens is 461 g/mol. The molecule has 0 spiro atoms. The number of rotatable bonds is 8. The first-order valence-electron chi connectivity index (χ1n) is 12.2. The second kappa shape index (κ2) is 10.5. The minimum atomic E-state index is -0.617. The van der Waals surface area contributed by atoms with Crippen molar-refractivity contribution < 1.29 is 23.5 Å². The van der Waals surface area contributed by atoms with Gasteiger partial charge in [0.25, 0.3) is 5.91 Å². The second-order valence-electron chi connectivity index (χ2n) is 9.41. The summed E-state index contributed by atoms with van der Waals surface area (Å²) in [6.45, 7) is 0.0954. The molecule has 1 aromatic heterocycles. The third-order valence-electron chi connectivity index (χ3n) is 7.07. The Labute approximate surface area is 208 Å². The van der Waals surface area contributed by atoms with Crippen LogP contribution in [0.3, 0.4) is 0 Å². The van der Waals surface area contributed by atoms with E-state index in [9.17, 15) is 14.0 Å². The van der Waals surface area contributed by atoms with Gasteiger partial charge in [-0.3, -0.25) is 9.78 Å². The van der Waals surface area contributed by atoms with Crippen LogP contribution in [0, 0.1) is 17.7 Å². The van der Waals surface area contributed by atoms with Gasteiger partial charge in [-0.1, -0.05) is 18.2 Å². The molecule has 2 aromatic carbocycles. The molecule has 2 bridgehead atoms. The van der Waals surface area contributed by atoms with Crippen molar-refractivity contribution >= 4 is 17.6 Å². The van der Waals surface area contributed by atoms with E-state index < -0.39 is 11.7 Å². The highest BCUT2D eigenvalue weighted by Gasteiger charge is 2.41. The number of halogens is 1. The van der Waals surface area contributed by atoms with E-state index in [1.807, 2.05) is 12.1 Å². The second-order valence-corrected chi connectivity index (χ2v) is 9.41. The van der Waals surface area contributed by atoms with Gasteiger partial charge in [-0.15, -0.1) is 0 Å². The van der Waals surface area contributed by atoms with Crippen molar-refractivity contribution in [2.24, 2.45) is 17.6 Å². The highest BCUT2D eigenvalue weighted by molar-refractivity contribution is 6.05. The van der Waals surface area contributed by atoms with Crippen LogP contribution in [0.5, 0.6) is 5.75 Å². The number of hydrogen-bond donors (Lipinski definition) is 2. The molecule has 2 fully saturated rings. The minimum Gasteiger partial charge on any atom is -0.482 e. The summed E-state index contributed by atoms with van der Waals surface area (Å²) in [5, 5.41) is 2.56. The first kappa shape index (κ1) is 23.9. The van der Waals surface area contributed by atoms with Gasteiger partial charge in [0.15, 0.2) is 12.4 Å². The molecule has 36 heavy (non-hydrogen) atoms. The Morgan fingerprint density at radius 1 is 1.11 bits per heavy atom. The Morgan fingerprint density at radius 2 is 2.00 bits per heavy atom. The molecule has 5 rings (SSSR count). The average Bonchev–Trinajstić information content (AvgIpc) is 3.52. The number of fused-ring (bicyclic) bond motifs is 2. The molecule has 3 N–H and O–H groups in total. The van der Waals surface area contributed by atoms with Crippen molar-refractivity contribution in [2.75, 3.05) is 11.9 Å². The Kier molecular flexibility index (Phi) is 6.95. The zero-order valence-corrected chi connectivity index (χ0v) is 19.8. The van der Waals surface area contributed by atoms with Gasteiger partial charge in [-0.2, -0.15) is 0 Å². The van der Waals surface area contributed by atoms with Gasteiger partial charge >= 0.3 is 5.97 Å². The number of ether oxygens (including phenoxy) is 2. The van der Waals surface area contributed by atoms with Crippen LogP contribution in [0.2, 0.25) is 0 Å². The van der Waals surface area contributed by atoms with E-state index in [0.29, 0.717) is 23.1 Å². The fourth-order valence-corrected chi connectivity index (χ4v) is 5.26. The number of pyridine rings is 1. The number of aromatic nitrogens is 1. The lowest BCUT2D eigenvalue weighted by Gasteiger charge is -2.21. The predicted molar refractivity (Wildman–Crippen MR) is 133 cm³/mol. The third kappa shape index (κ3) is 5.23. The Hall–Kier alpha value is -3.78. The van der Waals surface area contributed by atoms with E-state index in [4.69, 9.17) is 15.2 Å². The summed E-state index contributed by atoms with van der Waals surface area (Å²) in [5.41, 5.74) is 8.69. The molecule has 2 aliphatic rings. The summed E-state index contributed by atoms with van der Waals surface area (Å²) >= 11 is 0. The number of carbonyl (C=O) groups is 2. The first-order valence-corrected chi connectivity index (χ1v) is 12.2. The lowest BCUT2D eigenvalue weighted by atomic mass is 9.96.